The van der Waals surface area contributed by atoms with E-state index >= 15 is 0 Å². The van der Waals surface area contributed by atoms with E-state index in [0.29, 0.717) is 0 Å². The summed E-state index contributed by atoms with van der Waals surface area (Å²) in [7, 11) is 2.06. The summed E-state index contributed by atoms with van der Waals surface area (Å²) in [6.07, 6.45) is 4.26. The molecule has 2 nitrogen and oxygen atoms in total. The van der Waals surface area contributed by atoms with Crippen molar-refractivity contribution in [3.63, 3.8) is 0 Å². The second kappa shape index (κ2) is 3.54. The number of hydrogen-bond donors (Lipinski definition) is 1. The summed E-state index contributed by atoms with van der Waals surface area (Å²) in [5.41, 5.74) is 1.38. The van der Waals surface area contributed by atoms with Crippen LogP contribution in [0.4, 0.5) is 0 Å². The highest BCUT2D eigenvalue weighted by atomic mass is 32.2. The quantitative estimate of drug-likeness (QED) is 0.757. The fourth-order valence-corrected chi connectivity index (χ4v) is 1.99. The number of hydrogen-bond acceptors (Lipinski definition) is 2. The van der Waals surface area contributed by atoms with E-state index in [-0.39, 0.29) is 0 Å². The first kappa shape index (κ1) is 8.20. The Bertz CT molecular complexity index is 253. The molecule has 1 aromatic heterocycles. The minimum Gasteiger partial charge on any atom is -0.357 e. The highest BCUT2D eigenvalue weighted by Crippen LogP contribution is 2.17. The first-order valence-corrected chi connectivity index (χ1v) is 5.42. The Balaban J connectivity index is 1.79. The fraction of sp³-hybridized carbons (Fsp3) is 0.556. The Morgan fingerprint density at radius 2 is 2.50 bits per heavy atom. The molecule has 1 aliphatic heterocycles. The van der Waals surface area contributed by atoms with E-state index in [2.05, 4.69) is 35.4 Å². The third kappa shape index (κ3) is 1.84. The smallest absolute Gasteiger partial charge is 0.0252 e. The first-order valence-electron chi connectivity index (χ1n) is 4.26. The molecule has 12 heavy (non-hydrogen) atoms. The molecule has 0 amide bonds. The zero-order valence-electron chi connectivity index (χ0n) is 7.29. The zero-order valence-corrected chi connectivity index (χ0v) is 8.10. The second-order valence-corrected chi connectivity index (χ2v) is 4.38. The van der Waals surface area contributed by atoms with Gasteiger partial charge in [-0.15, -0.1) is 0 Å². The van der Waals surface area contributed by atoms with E-state index < -0.39 is 0 Å². The molecule has 0 bridgehead atoms. The van der Waals surface area contributed by atoms with Gasteiger partial charge >= 0.3 is 0 Å². The van der Waals surface area contributed by atoms with Gasteiger partial charge in [0.2, 0.25) is 0 Å². The average Bonchev–Trinajstić information content (AvgIpc) is 2.32. The fourth-order valence-electron chi connectivity index (χ4n) is 1.28. The van der Waals surface area contributed by atoms with Gasteiger partial charge in [-0.3, -0.25) is 0 Å². The molecule has 2 heterocycles. The van der Waals surface area contributed by atoms with Crippen molar-refractivity contribution in [2.75, 3.05) is 11.5 Å². The van der Waals surface area contributed by atoms with E-state index in [1.54, 1.807) is 0 Å². The monoisotopic (exact) mass is 182 g/mol. The number of aryl methyl sites for hydroxylation is 1. The molecular weight excluding hydrogens is 168 g/mol. The normalized spacial score (nSPS) is 17.8. The first-order chi connectivity index (χ1) is 5.84. The van der Waals surface area contributed by atoms with Crippen LogP contribution in [0.2, 0.25) is 0 Å². The van der Waals surface area contributed by atoms with Crippen LogP contribution in [0.1, 0.15) is 5.56 Å². The third-order valence-corrected chi connectivity index (χ3v) is 3.40. The lowest BCUT2D eigenvalue weighted by atomic mass is 10.3. The molecule has 0 unspecified atom stereocenters. The van der Waals surface area contributed by atoms with E-state index in [4.69, 9.17) is 0 Å². The standard InChI is InChI=1S/C9H14N2S/c1-11-3-2-8(5-11)4-10-9-6-12-7-9/h2-3,5,9-10H,4,6-7H2,1H3. The van der Waals surface area contributed by atoms with E-state index in [9.17, 15) is 0 Å². The molecule has 1 aliphatic rings. The van der Waals surface area contributed by atoms with Crippen LogP contribution in [0, 0.1) is 0 Å². The largest absolute Gasteiger partial charge is 0.357 e. The van der Waals surface area contributed by atoms with Crippen molar-refractivity contribution >= 4 is 11.8 Å². The van der Waals surface area contributed by atoms with Crippen molar-refractivity contribution in [1.29, 1.82) is 0 Å². The topological polar surface area (TPSA) is 17.0 Å². The summed E-state index contributed by atoms with van der Waals surface area (Å²) in [5.74, 6) is 2.57. The Hall–Kier alpha value is -0.410. The van der Waals surface area contributed by atoms with E-state index in [1.807, 2.05) is 11.8 Å². The third-order valence-electron chi connectivity index (χ3n) is 2.13. The SMILES string of the molecule is Cn1ccc(CNC2CSC2)c1. The molecule has 1 aromatic rings. The maximum Gasteiger partial charge on any atom is 0.0252 e. The van der Waals surface area contributed by atoms with Crippen molar-refractivity contribution in [2.24, 2.45) is 7.05 Å². The molecule has 1 saturated heterocycles. The van der Waals surface area contributed by atoms with Crippen molar-refractivity contribution in [2.45, 2.75) is 12.6 Å². The van der Waals surface area contributed by atoms with Crippen molar-refractivity contribution in [3.8, 4) is 0 Å². The van der Waals surface area contributed by atoms with Crippen LogP contribution in [0.3, 0.4) is 0 Å². The Labute approximate surface area is 77.3 Å². The molecule has 66 valence electrons. The number of nitrogens with zero attached hydrogens (tertiary/aromatic N) is 1. The highest BCUT2D eigenvalue weighted by molar-refractivity contribution is 8.00. The van der Waals surface area contributed by atoms with Crippen LogP contribution in [-0.2, 0) is 13.6 Å². The van der Waals surface area contributed by atoms with Gasteiger partial charge in [0, 0.05) is 43.5 Å². The second-order valence-electron chi connectivity index (χ2n) is 3.30. The van der Waals surface area contributed by atoms with Crippen molar-refractivity contribution in [1.82, 2.24) is 9.88 Å². The number of aromatic nitrogens is 1. The van der Waals surface area contributed by atoms with Gasteiger partial charge in [-0.05, 0) is 11.6 Å². The number of thioether (sulfide) groups is 1. The summed E-state index contributed by atoms with van der Waals surface area (Å²) >= 11 is 2.02. The molecule has 0 aromatic carbocycles. The van der Waals surface area contributed by atoms with Crippen LogP contribution in [0.15, 0.2) is 18.5 Å². The summed E-state index contributed by atoms with van der Waals surface area (Å²) in [5, 5.41) is 3.51. The van der Waals surface area contributed by atoms with Gasteiger partial charge in [0.05, 0.1) is 0 Å². The van der Waals surface area contributed by atoms with Crippen LogP contribution in [-0.4, -0.2) is 22.1 Å². The molecule has 3 heteroatoms. The van der Waals surface area contributed by atoms with Crippen LogP contribution in [0.25, 0.3) is 0 Å². The van der Waals surface area contributed by atoms with Crippen molar-refractivity contribution in [3.05, 3.63) is 24.0 Å². The Morgan fingerprint density at radius 1 is 1.67 bits per heavy atom. The molecular formula is C9H14N2S. The van der Waals surface area contributed by atoms with Crippen LogP contribution >= 0.6 is 11.8 Å². The number of rotatable bonds is 3. The number of nitrogens with one attached hydrogen (secondary N) is 1. The maximum absolute atomic E-state index is 3.51. The van der Waals surface area contributed by atoms with Crippen LogP contribution < -0.4 is 5.32 Å². The molecule has 0 aliphatic carbocycles. The van der Waals surface area contributed by atoms with E-state index in [0.717, 1.165) is 12.6 Å². The maximum atomic E-state index is 3.51. The van der Waals surface area contributed by atoms with Gasteiger partial charge in [0.1, 0.15) is 0 Å². The molecule has 0 spiro atoms. The summed E-state index contributed by atoms with van der Waals surface area (Å²) < 4.78 is 2.09. The van der Waals surface area contributed by atoms with Gasteiger partial charge in [-0.1, -0.05) is 0 Å². The lowest BCUT2D eigenvalue weighted by Crippen LogP contribution is -2.39. The van der Waals surface area contributed by atoms with Gasteiger partial charge in [0.15, 0.2) is 0 Å². The summed E-state index contributed by atoms with van der Waals surface area (Å²) in [6, 6.07) is 2.92. The predicted octanol–water partition coefficient (Wildman–Crippen LogP) is 1.23. The lowest BCUT2D eigenvalue weighted by Gasteiger charge is -2.25. The molecule has 2 rings (SSSR count). The molecule has 0 saturated carbocycles. The van der Waals surface area contributed by atoms with Gasteiger partial charge in [-0.25, -0.2) is 0 Å². The predicted molar refractivity (Wildman–Crippen MR) is 53.4 cm³/mol. The zero-order chi connectivity index (χ0) is 8.39. The Kier molecular flexibility index (Phi) is 2.42. The summed E-state index contributed by atoms with van der Waals surface area (Å²) in [6.45, 7) is 1.02. The minimum atomic E-state index is 0.759. The van der Waals surface area contributed by atoms with E-state index in [1.165, 1.54) is 17.1 Å². The van der Waals surface area contributed by atoms with Gasteiger partial charge in [-0.2, -0.15) is 11.8 Å². The Morgan fingerprint density at radius 3 is 3.00 bits per heavy atom. The molecule has 1 N–H and O–H groups in total. The average molecular weight is 182 g/mol. The van der Waals surface area contributed by atoms with Gasteiger partial charge in [0.25, 0.3) is 0 Å². The highest BCUT2D eigenvalue weighted by Gasteiger charge is 2.16. The van der Waals surface area contributed by atoms with Crippen LogP contribution in [0.5, 0.6) is 0 Å². The summed E-state index contributed by atoms with van der Waals surface area (Å²) in [4.78, 5) is 0. The molecule has 1 fully saturated rings. The molecule has 0 atom stereocenters. The van der Waals surface area contributed by atoms with Crippen molar-refractivity contribution < 1.29 is 0 Å². The molecule has 0 radical (unpaired) electrons. The minimum absolute atomic E-state index is 0.759. The lowest BCUT2D eigenvalue weighted by molar-refractivity contribution is 0.583. The van der Waals surface area contributed by atoms with Gasteiger partial charge < -0.3 is 9.88 Å².